The summed E-state index contributed by atoms with van der Waals surface area (Å²) in [6.45, 7) is 7.59. The fourth-order valence-electron chi connectivity index (χ4n) is 3.77. The van der Waals surface area contributed by atoms with Crippen LogP contribution in [0.2, 0.25) is 0 Å². The van der Waals surface area contributed by atoms with Gasteiger partial charge in [-0.3, -0.25) is 9.20 Å². The third-order valence-corrected chi connectivity index (χ3v) is 6.06. The van der Waals surface area contributed by atoms with E-state index < -0.39 is 5.97 Å². The highest BCUT2D eigenvalue weighted by molar-refractivity contribution is 7.15. The summed E-state index contributed by atoms with van der Waals surface area (Å²) in [4.78, 5) is 35.1. The van der Waals surface area contributed by atoms with Gasteiger partial charge in [-0.05, 0) is 39.8 Å². The number of aromatic nitrogens is 5. The summed E-state index contributed by atoms with van der Waals surface area (Å²) in [6.07, 6.45) is 3.28. The number of ether oxygens (including phenoxy) is 1. The summed E-state index contributed by atoms with van der Waals surface area (Å²) in [5.74, 6) is 0.924. The Morgan fingerprint density at radius 1 is 1.21 bits per heavy atom. The summed E-state index contributed by atoms with van der Waals surface area (Å²) in [5, 5.41) is 6.80. The topological polar surface area (TPSA) is 105 Å². The van der Waals surface area contributed by atoms with E-state index in [-0.39, 0.29) is 18.2 Å². The Morgan fingerprint density at radius 2 is 2.03 bits per heavy atom. The predicted octanol–water partition coefficient (Wildman–Crippen LogP) is 4.32. The number of carbonyl (C=O) groups is 1. The lowest BCUT2D eigenvalue weighted by molar-refractivity contribution is 0.0470. The minimum Gasteiger partial charge on any atom is -0.466 e. The second-order valence-electron chi connectivity index (χ2n) is 8.02. The van der Waals surface area contributed by atoms with Crippen molar-refractivity contribution in [3.63, 3.8) is 0 Å². The van der Waals surface area contributed by atoms with Gasteiger partial charge in [0.05, 0.1) is 28.5 Å². The van der Waals surface area contributed by atoms with Gasteiger partial charge in [0, 0.05) is 29.2 Å². The van der Waals surface area contributed by atoms with Gasteiger partial charge >= 0.3 is 5.97 Å². The molecule has 5 aromatic heterocycles. The van der Waals surface area contributed by atoms with Gasteiger partial charge in [0.25, 0.3) is 5.56 Å². The second kappa shape index (κ2) is 7.96. The quantitative estimate of drug-likeness (QED) is 0.358. The molecule has 0 spiro atoms. The molecule has 0 radical (unpaired) electrons. The molecule has 5 aromatic rings. The first-order valence-corrected chi connectivity index (χ1v) is 11.3. The van der Waals surface area contributed by atoms with Crippen LogP contribution < -0.4 is 5.56 Å². The van der Waals surface area contributed by atoms with Crippen LogP contribution in [0.3, 0.4) is 0 Å². The van der Waals surface area contributed by atoms with Crippen molar-refractivity contribution in [1.82, 2.24) is 24.1 Å². The maximum absolute atomic E-state index is 13.2. The Balaban J connectivity index is 1.54. The minimum atomic E-state index is -0.544. The Bertz CT molecular complexity index is 1570. The van der Waals surface area contributed by atoms with E-state index in [0.29, 0.717) is 38.7 Å². The number of rotatable bonds is 5. The molecule has 0 fully saturated rings. The Hall–Kier alpha value is -3.79. The second-order valence-corrected chi connectivity index (χ2v) is 8.89. The molecule has 0 aliphatic heterocycles. The maximum Gasteiger partial charge on any atom is 0.339 e. The van der Waals surface area contributed by atoms with Crippen LogP contribution >= 0.6 is 11.3 Å². The smallest absolute Gasteiger partial charge is 0.339 e. The molecule has 0 saturated heterocycles. The number of furan rings is 1. The summed E-state index contributed by atoms with van der Waals surface area (Å²) in [7, 11) is 0. The van der Waals surface area contributed by atoms with E-state index in [4.69, 9.17) is 14.1 Å². The van der Waals surface area contributed by atoms with Crippen LogP contribution in [0, 0.1) is 13.8 Å². The molecule has 9 nitrogen and oxygen atoms in total. The zero-order valence-corrected chi connectivity index (χ0v) is 19.3. The van der Waals surface area contributed by atoms with Crippen molar-refractivity contribution in [3.8, 4) is 11.3 Å². The van der Waals surface area contributed by atoms with Crippen LogP contribution in [0.4, 0.5) is 0 Å². The Kier molecular flexibility index (Phi) is 5.09. The largest absolute Gasteiger partial charge is 0.466 e. The average Bonchev–Trinajstić information content (AvgIpc) is 3.49. The van der Waals surface area contributed by atoms with Gasteiger partial charge in [-0.1, -0.05) is 0 Å². The van der Waals surface area contributed by atoms with Crippen LogP contribution in [0.5, 0.6) is 0 Å². The maximum atomic E-state index is 13.2. The van der Waals surface area contributed by atoms with Crippen molar-refractivity contribution in [3.05, 3.63) is 69.1 Å². The van der Waals surface area contributed by atoms with E-state index in [1.165, 1.54) is 21.8 Å². The minimum absolute atomic E-state index is 0.0519. The fourth-order valence-corrected chi connectivity index (χ4v) is 4.51. The van der Waals surface area contributed by atoms with E-state index in [1.807, 2.05) is 33.8 Å². The lowest BCUT2D eigenvalue weighted by atomic mass is 10.1. The van der Waals surface area contributed by atoms with E-state index in [0.717, 1.165) is 11.3 Å². The van der Waals surface area contributed by atoms with Gasteiger partial charge in [0.15, 0.2) is 10.6 Å². The SMILES string of the molecule is Cc1cc(-c2cc(C(=O)OCc3cc(=O)n4ccsc4n3)c3cnn(C(C)C)c3n2)c(C)o1. The van der Waals surface area contributed by atoms with Crippen LogP contribution in [0.15, 0.2) is 45.2 Å². The first kappa shape index (κ1) is 21.1. The highest BCUT2D eigenvalue weighted by atomic mass is 32.1. The third kappa shape index (κ3) is 3.72. The van der Waals surface area contributed by atoms with Gasteiger partial charge in [0.1, 0.15) is 18.1 Å². The molecule has 0 atom stereocenters. The molecule has 0 amide bonds. The molecule has 0 saturated carbocycles. The van der Waals surface area contributed by atoms with Crippen molar-refractivity contribution in [2.75, 3.05) is 0 Å². The lowest BCUT2D eigenvalue weighted by Crippen LogP contribution is -2.15. The molecular formula is C23H21N5O4S. The number of hydrogen-bond acceptors (Lipinski definition) is 8. The highest BCUT2D eigenvalue weighted by Crippen LogP contribution is 2.30. The molecule has 0 unspecified atom stereocenters. The molecular weight excluding hydrogens is 442 g/mol. The number of carbonyl (C=O) groups excluding carboxylic acids is 1. The first-order valence-electron chi connectivity index (χ1n) is 10.4. The summed E-state index contributed by atoms with van der Waals surface area (Å²) in [6, 6.07) is 5.01. The number of thiazole rings is 1. The first-order chi connectivity index (χ1) is 15.8. The molecule has 5 rings (SSSR count). The molecule has 5 heterocycles. The highest BCUT2D eigenvalue weighted by Gasteiger charge is 2.21. The van der Waals surface area contributed by atoms with E-state index in [9.17, 15) is 9.59 Å². The molecule has 168 valence electrons. The predicted molar refractivity (Wildman–Crippen MR) is 124 cm³/mol. The molecule has 0 bridgehead atoms. The average molecular weight is 464 g/mol. The third-order valence-electron chi connectivity index (χ3n) is 5.30. The van der Waals surface area contributed by atoms with Gasteiger partial charge in [-0.15, -0.1) is 11.3 Å². The summed E-state index contributed by atoms with van der Waals surface area (Å²) < 4.78 is 14.5. The summed E-state index contributed by atoms with van der Waals surface area (Å²) >= 11 is 1.34. The molecule has 0 N–H and O–H groups in total. The number of nitrogens with zero attached hydrogens (tertiary/aromatic N) is 5. The normalized spacial score (nSPS) is 11.7. The van der Waals surface area contributed by atoms with Crippen LogP contribution in [0.25, 0.3) is 27.3 Å². The van der Waals surface area contributed by atoms with E-state index in [1.54, 1.807) is 28.5 Å². The lowest BCUT2D eigenvalue weighted by Gasteiger charge is -2.10. The zero-order chi connectivity index (χ0) is 23.3. The van der Waals surface area contributed by atoms with Crippen LogP contribution in [-0.2, 0) is 11.3 Å². The molecule has 0 aliphatic rings. The van der Waals surface area contributed by atoms with E-state index in [2.05, 4.69) is 10.1 Å². The van der Waals surface area contributed by atoms with Crippen molar-refractivity contribution >= 4 is 33.3 Å². The van der Waals surface area contributed by atoms with Crippen molar-refractivity contribution in [2.45, 2.75) is 40.3 Å². The number of pyridine rings is 1. The Labute approximate surface area is 192 Å². The van der Waals surface area contributed by atoms with Crippen molar-refractivity contribution in [2.24, 2.45) is 0 Å². The van der Waals surface area contributed by atoms with Gasteiger partial charge in [-0.2, -0.15) is 5.10 Å². The van der Waals surface area contributed by atoms with Crippen LogP contribution in [0.1, 0.15) is 47.5 Å². The van der Waals surface area contributed by atoms with Gasteiger partial charge in [-0.25, -0.2) is 19.4 Å². The van der Waals surface area contributed by atoms with Gasteiger partial charge in [0.2, 0.25) is 0 Å². The van der Waals surface area contributed by atoms with E-state index >= 15 is 0 Å². The van der Waals surface area contributed by atoms with Crippen molar-refractivity contribution in [1.29, 1.82) is 0 Å². The number of aryl methyl sites for hydroxylation is 2. The van der Waals surface area contributed by atoms with Crippen molar-refractivity contribution < 1.29 is 13.9 Å². The van der Waals surface area contributed by atoms with Gasteiger partial charge < -0.3 is 9.15 Å². The number of esters is 1. The molecule has 0 aromatic carbocycles. The molecule has 0 aliphatic carbocycles. The summed E-state index contributed by atoms with van der Waals surface area (Å²) in [5.41, 5.74) is 2.50. The number of fused-ring (bicyclic) bond motifs is 2. The standard InChI is InChI=1S/C23H21N5O4S/c1-12(2)28-21-18(10-24-28)17(9-19(26-21)16-7-13(3)32-14(16)4)22(30)31-11-15-8-20(29)27-5-6-33-23(27)25-15/h5-10,12H,11H2,1-4H3. The molecule has 10 heteroatoms. The monoisotopic (exact) mass is 463 g/mol. The number of hydrogen-bond donors (Lipinski definition) is 0. The van der Waals surface area contributed by atoms with Crippen LogP contribution in [-0.4, -0.2) is 30.1 Å². The molecule has 33 heavy (non-hydrogen) atoms. The Morgan fingerprint density at radius 3 is 2.76 bits per heavy atom. The fraction of sp³-hybridized carbons (Fsp3) is 0.261. The zero-order valence-electron chi connectivity index (χ0n) is 18.5.